The van der Waals surface area contributed by atoms with Crippen molar-refractivity contribution in [3.8, 4) is 0 Å². The maximum Gasteiger partial charge on any atom is 0.0447 e. The minimum atomic E-state index is 0.654. The molecule has 1 aromatic rings. The second-order valence-corrected chi connectivity index (χ2v) is 3.06. The van der Waals surface area contributed by atoms with E-state index in [-0.39, 0.29) is 0 Å². The minimum absolute atomic E-state index is 0.654. The highest BCUT2D eigenvalue weighted by atomic mass is 15.1. The van der Waals surface area contributed by atoms with Crippen LogP contribution in [-0.2, 0) is 6.42 Å². The monoisotopic (exact) mass is 147 g/mol. The van der Waals surface area contributed by atoms with Gasteiger partial charge in [0.05, 0.1) is 0 Å². The Morgan fingerprint density at radius 1 is 1.55 bits per heavy atom. The average molecular weight is 147 g/mol. The standard InChI is InChI=1S/C10H13N/c1-2-8-4-3-5-9(6-8)10-7-11-10/h3-6,10-11H,2,7H2,1H3/t10-/m1/s1. The van der Waals surface area contributed by atoms with Crippen LogP contribution in [0, 0.1) is 0 Å². The van der Waals surface area contributed by atoms with Gasteiger partial charge in [-0.2, -0.15) is 0 Å². The molecule has 0 aromatic heterocycles. The fourth-order valence-electron chi connectivity index (χ4n) is 1.32. The van der Waals surface area contributed by atoms with Crippen LogP contribution < -0.4 is 5.32 Å². The van der Waals surface area contributed by atoms with E-state index in [1.165, 1.54) is 11.1 Å². The van der Waals surface area contributed by atoms with E-state index in [9.17, 15) is 0 Å². The van der Waals surface area contributed by atoms with Gasteiger partial charge in [0, 0.05) is 12.6 Å². The Morgan fingerprint density at radius 2 is 2.36 bits per heavy atom. The van der Waals surface area contributed by atoms with Gasteiger partial charge in [0.25, 0.3) is 0 Å². The number of nitrogens with one attached hydrogen (secondary N) is 1. The van der Waals surface area contributed by atoms with Gasteiger partial charge in [0.15, 0.2) is 0 Å². The molecule has 0 saturated carbocycles. The Bertz CT molecular complexity index is 251. The molecule has 0 aliphatic carbocycles. The summed E-state index contributed by atoms with van der Waals surface area (Å²) in [6.07, 6.45) is 1.14. The van der Waals surface area contributed by atoms with Crippen molar-refractivity contribution in [1.82, 2.24) is 5.32 Å². The Labute approximate surface area is 67.4 Å². The van der Waals surface area contributed by atoms with Crippen molar-refractivity contribution >= 4 is 0 Å². The summed E-state index contributed by atoms with van der Waals surface area (Å²) in [5, 5.41) is 3.30. The maximum absolute atomic E-state index is 3.30. The second-order valence-electron chi connectivity index (χ2n) is 3.06. The summed E-state index contributed by atoms with van der Waals surface area (Å²) < 4.78 is 0. The van der Waals surface area contributed by atoms with Crippen molar-refractivity contribution in [2.75, 3.05) is 6.54 Å². The fraction of sp³-hybridized carbons (Fsp3) is 0.400. The van der Waals surface area contributed by atoms with Crippen LogP contribution in [-0.4, -0.2) is 6.54 Å². The Hall–Kier alpha value is -0.820. The zero-order valence-electron chi connectivity index (χ0n) is 6.80. The van der Waals surface area contributed by atoms with Gasteiger partial charge in [0.2, 0.25) is 0 Å². The van der Waals surface area contributed by atoms with Crippen LogP contribution in [0.2, 0.25) is 0 Å². The first-order valence-corrected chi connectivity index (χ1v) is 4.22. The highest BCUT2D eigenvalue weighted by molar-refractivity contribution is 5.28. The molecule has 1 aromatic carbocycles. The van der Waals surface area contributed by atoms with E-state index in [1.807, 2.05) is 0 Å². The van der Waals surface area contributed by atoms with Gasteiger partial charge in [-0.15, -0.1) is 0 Å². The predicted octanol–water partition coefficient (Wildman–Crippen LogP) is 1.89. The summed E-state index contributed by atoms with van der Waals surface area (Å²) in [7, 11) is 0. The smallest absolute Gasteiger partial charge is 0.0447 e. The molecule has 0 bridgehead atoms. The number of hydrogen-bond acceptors (Lipinski definition) is 1. The summed E-state index contributed by atoms with van der Waals surface area (Å²) in [5.74, 6) is 0. The topological polar surface area (TPSA) is 21.9 Å². The van der Waals surface area contributed by atoms with E-state index >= 15 is 0 Å². The van der Waals surface area contributed by atoms with Gasteiger partial charge in [-0.25, -0.2) is 0 Å². The summed E-state index contributed by atoms with van der Waals surface area (Å²) in [5.41, 5.74) is 2.89. The molecule has 58 valence electrons. The quantitative estimate of drug-likeness (QED) is 0.634. The lowest BCUT2D eigenvalue weighted by molar-refractivity contribution is 1.05. The van der Waals surface area contributed by atoms with E-state index in [0.29, 0.717) is 6.04 Å². The van der Waals surface area contributed by atoms with E-state index in [1.54, 1.807) is 0 Å². The van der Waals surface area contributed by atoms with E-state index in [2.05, 4.69) is 36.5 Å². The summed E-state index contributed by atoms with van der Waals surface area (Å²) >= 11 is 0. The molecule has 1 atom stereocenters. The molecule has 1 aliphatic heterocycles. The molecule has 1 heterocycles. The zero-order valence-corrected chi connectivity index (χ0v) is 6.80. The van der Waals surface area contributed by atoms with Crippen molar-refractivity contribution in [2.45, 2.75) is 19.4 Å². The van der Waals surface area contributed by atoms with Gasteiger partial charge >= 0.3 is 0 Å². The average Bonchev–Trinajstić information content (AvgIpc) is 2.87. The van der Waals surface area contributed by atoms with Crippen LogP contribution in [0.15, 0.2) is 24.3 Å². The summed E-state index contributed by atoms with van der Waals surface area (Å²) in [6.45, 7) is 3.35. The van der Waals surface area contributed by atoms with Crippen LogP contribution in [0.5, 0.6) is 0 Å². The molecule has 2 rings (SSSR count). The fourth-order valence-corrected chi connectivity index (χ4v) is 1.32. The summed E-state index contributed by atoms with van der Waals surface area (Å²) in [4.78, 5) is 0. The predicted molar refractivity (Wildman–Crippen MR) is 46.6 cm³/mol. The van der Waals surface area contributed by atoms with Gasteiger partial charge in [-0.1, -0.05) is 31.2 Å². The van der Waals surface area contributed by atoms with Crippen LogP contribution in [0.1, 0.15) is 24.1 Å². The second kappa shape index (κ2) is 2.67. The van der Waals surface area contributed by atoms with Crippen molar-refractivity contribution in [3.05, 3.63) is 35.4 Å². The first kappa shape index (κ1) is 6.86. The zero-order chi connectivity index (χ0) is 7.68. The van der Waals surface area contributed by atoms with Crippen molar-refractivity contribution in [2.24, 2.45) is 0 Å². The molecule has 0 unspecified atom stereocenters. The largest absolute Gasteiger partial charge is 0.307 e. The molecule has 1 saturated heterocycles. The Kier molecular flexibility index (Phi) is 1.66. The lowest BCUT2D eigenvalue weighted by atomic mass is 10.1. The SMILES string of the molecule is CCc1cccc([C@H]2CN2)c1. The molecule has 11 heavy (non-hydrogen) atoms. The number of rotatable bonds is 2. The van der Waals surface area contributed by atoms with Crippen molar-refractivity contribution in [3.63, 3.8) is 0 Å². The lowest BCUT2D eigenvalue weighted by Crippen LogP contribution is -1.86. The Morgan fingerprint density at radius 3 is 3.00 bits per heavy atom. The van der Waals surface area contributed by atoms with E-state index < -0.39 is 0 Å². The molecule has 0 spiro atoms. The van der Waals surface area contributed by atoms with Crippen LogP contribution in [0.25, 0.3) is 0 Å². The van der Waals surface area contributed by atoms with Crippen LogP contribution >= 0.6 is 0 Å². The van der Waals surface area contributed by atoms with Crippen LogP contribution in [0.3, 0.4) is 0 Å². The van der Waals surface area contributed by atoms with E-state index in [4.69, 9.17) is 0 Å². The first-order valence-electron chi connectivity index (χ1n) is 4.22. The minimum Gasteiger partial charge on any atom is -0.307 e. The van der Waals surface area contributed by atoms with E-state index in [0.717, 1.165) is 13.0 Å². The normalized spacial score (nSPS) is 21.7. The lowest BCUT2D eigenvalue weighted by Gasteiger charge is -1.99. The maximum atomic E-state index is 3.30. The molecular formula is C10H13N. The molecule has 1 fully saturated rings. The molecule has 1 N–H and O–H groups in total. The highest BCUT2D eigenvalue weighted by Gasteiger charge is 2.21. The molecular weight excluding hydrogens is 134 g/mol. The Balaban J connectivity index is 2.26. The molecule has 1 aliphatic rings. The van der Waals surface area contributed by atoms with Crippen molar-refractivity contribution in [1.29, 1.82) is 0 Å². The molecule has 1 heteroatoms. The molecule has 0 amide bonds. The third-order valence-electron chi connectivity index (χ3n) is 2.17. The molecule has 0 radical (unpaired) electrons. The number of benzene rings is 1. The first-order chi connectivity index (χ1) is 5.40. The highest BCUT2D eigenvalue weighted by Crippen LogP contribution is 2.21. The third kappa shape index (κ3) is 1.43. The number of aryl methyl sites for hydroxylation is 1. The van der Waals surface area contributed by atoms with Gasteiger partial charge < -0.3 is 5.32 Å². The number of hydrogen-bond donors (Lipinski definition) is 1. The van der Waals surface area contributed by atoms with Gasteiger partial charge in [-0.3, -0.25) is 0 Å². The van der Waals surface area contributed by atoms with Crippen LogP contribution in [0.4, 0.5) is 0 Å². The van der Waals surface area contributed by atoms with Crippen molar-refractivity contribution < 1.29 is 0 Å². The van der Waals surface area contributed by atoms with Gasteiger partial charge in [0.1, 0.15) is 0 Å². The van der Waals surface area contributed by atoms with Gasteiger partial charge in [-0.05, 0) is 17.5 Å². The molecule has 1 nitrogen and oxygen atoms in total. The third-order valence-corrected chi connectivity index (χ3v) is 2.17. The summed E-state index contributed by atoms with van der Waals surface area (Å²) in [6, 6.07) is 9.48.